The van der Waals surface area contributed by atoms with Gasteiger partial charge in [-0.25, -0.2) is 0 Å². The van der Waals surface area contributed by atoms with Crippen molar-refractivity contribution in [3.63, 3.8) is 0 Å². The lowest BCUT2D eigenvalue weighted by molar-refractivity contribution is -0.158. The van der Waals surface area contributed by atoms with Gasteiger partial charge in [0.1, 0.15) is 0 Å². The minimum Gasteiger partial charge on any atom is -0.468 e. The summed E-state index contributed by atoms with van der Waals surface area (Å²) in [6.07, 6.45) is 0.286. The highest BCUT2D eigenvalue weighted by atomic mass is 16.5. The molecule has 0 N–H and O–H groups in total. The van der Waals surface area contributed by atoms with Gasteiger partial charge in [-0.05, 0) is 25.2 Å². The maximum atomic E-state index is 11.3. The first-order valence-corrected chi connectivity index (χ1v) is 4.58. The molecule has 0 aromatic rings. The first kappa shape index (κ1) is 13.9. The summed E-state index contributed by atoms with van der Waals surface area (Å²) in [5, 5.41) is 0. The summed E-state index contributed by atoms with van der Waals surface area (Å²) >= 11 is 0. The van der Waals surface area contributed by atoms with Gasteiger partial charge in [-0.1, -0.05) is 13.8 Å². The normalized spacial score (nSPS) is 10.9. The van der Waals surface area contributed by atoms with Gasteiger partial charge in [-0.2, -0.15) is 0 Å². The average molecular weight is 213 g/mol. The molecule has 15 heavy (non-hydrogen) atoms. The Labute approximate surface area is 90.9 Å². The van der Waals surface area contributed by atoms with Crippen molar-refractivity contribution < 1.29 is 19.1 Å². The van der Waals surface area contributed by atoms with E-state index in [4.69, 9.17) is 0 Å². The zero-order valence-electron chi connectivity index (χ0n) is 9.62. The zero-order chi connectivity index (χ0) is 12.0. The number of hydrogen-bond donors (Lipinski definition) is 0. The lowest BCUT2D eigenvalue weighted by atomic mass is 9.88. The van der Waals surface area contributed by atoms with Gasteiger partial charge >= 0.3 is 11.9 Å². The van der Waals surface area contributed by atoms with Crippen LogP contribution in [0.1, 0.15) is 20.3 Å². The van der Waals surface area contributed by atoms with Crippen LogP contribution in [0.2, 0.25) is 0 Å². The van der Waals surface area contributed by atoms with E-state index in [1.807, 2.05) is 13.8 Å². The van der Waals surface area contributed by atoms with Crippen molar-refractivity contribution in [3.05, 3.63) is 18.8 Å². The minimum atomic E-state index is -0.892. The zero-order valence-corrected chi connectivity index (χ0v) is 9.62. The summed E-state index contributed by atoms with van der Waals surface area (Å²) in [5.41, 5.74) is 0. The van der Waals surface area contributed by atoms with E-state index in [0.717, 1.165) is 11.8 Å². The van der Waals surface area contributed by atoms with Crippen LogP contribution in [0.4, 0.5) is 0 Å². The number of esters is 2. The number of ether oxygens (including phenoxy) is 2. The summed E-state index contributed by atoms with van der Waals surface area (Å²) in [6.45, 7) is 7.38. The Morgan fingerprint density at radius 2 is 1.53 bits per heavy atom. The predicted octanol–water partition coefficient (Wildman–Crippen LogP) is 1.36. The van der Waals surface area contributed by atoms with Crippen LogP contribution in [0.5, 0.6) is 0 Å². The Bertz CT molecular complexity index is 207. The fourth-order valence-electron chi connectivity index (χ4n) is 1.03. The second-order valence-electron chi connectivity index (χ2n) is 3.36. The van der Waals surface area contributed by atoms with Crippen LogP contribution in [0, 0.1) is 24.7 Å². The van der Waals surface area contributed by atoms with Gasteiger partial charge in [0.25, 0.3) is 0 Å². The average Bonchev–Trinajstić information content (AvgIpc) is 2.23. The molecule has 0 spiro atoms. The molecular formula is C11H17O4. The fourth-order valence-corrected chi connectivity index (χ4v) is 1.03. The van der Waals surface area contributed by atoms with Crippen LogP contribution in [0.25, 0.3) is 0 Å². The SMILES string of the molecule is [CH2][C](C)[C](C)CC(C(=O)OC)C(=O)OC. The van der Waals surface area contributed by atoms with Crippen molar-refractivity contribution in [2.75, 3.05) is 14.2 Å². The molecule has 0 heterocycles. The van der Waals surface area contributed by atoms with Crippen LogP contribution in [0.15, 0.2) is 0 Å². The minimum absolute atomic E-state index is 0.286. The van der Waals surface area contributed by atoms with Gasteiger partial charge in [0.05, 0.1) is 14.2 Å². The van der Waals surface area contributed by atoms with E-state index < -0.39 is 17.9 Å². The number of hydrogen-bond acceptors (Lipinski definition) is 4. The summed E-state index contributed by atoms with van der Waals surface area (Å²) in [7, 11) is 2.49. The quantitative estimate of drug-likeness (QED) is 0.511. The number of rotatable bonds is 5. The molecule has 0 bridgehead atoms. The predicted molar refractivity (Wildman–Crippen MR) is 55.3 cm³/mol. The van der Waals surface area contributed by atoms with Crippen LogP contribution in [-0.4, -0.2) is 26.2 Å². The second kappa shape index (κ2) is 6.43. The third kappa shape index (κ3) is 4.32. The fraction of sp³-hybridized carbons (Fsp3) is 0.545. The largest absolute Gasteiger partial charge is 0.468 e. The standard InChI is InChI=1S/C11H17O4/c1-7(2)8(3)6-9(10(12)14-4)11(13)15-5/h9H,1,6H2,2-5H3. The molecule has 0 fully saturated rings. The Hall–Kier alpha value is -1.06. The van der Waals surface area contributed by atoms with Crippen LogP contribution in [0.3, 0.4) is 0 Å². The van der Waals surface area contributed by atoms with Gasteiger partial charge in [0.15, 0.2) is 5.92 Å². The molecule has 0 aliphatic rings. The third-order valence-corrected chi connectivity index (χ3v) is 2.21. The smallest absolute Gasteiger partial charge is 0.320 e. The van der Waals surface area contributed by atoms with Gasteiger partial charge in [-0.3, -0.25) is 9.59 Å². The molecule has 0 saturated heterocycles. The van der Waals surface area contributed by atoms with Gasteiger partial charge in [0.2, 0.25) is 0 Å². The van der Waals surface area contributed by atoms with E-state index in [-0.39, 0.29) is 6.42 Å². The molecule has 0 atom stereocenters. The third-order valence-electron chi connectivity index (χ3n) is 2.21. The first-order valence-electron chi connectivity index (χ1n) is 4.58. The summed E-state index contributed by atoms with van der Waals surface area (Å²) in [6, 6.07) is 0. The highest BCUT2D eigenvalue weighted by molar-refractivity contribution is 5.95. The highest BCUT2D eigenvalue weighted by Gasteiger charge is 2.31. The van der Waals surface area contributed by atoms with Gasteiger partial charge in [0, 0.05) is 0 Å². The van der Waals surface area contributed by atoms with Gasteiger partial charge in [-0.15, -0.1) is 0 Å². The Balaban J connectivity index is 4.51. The lowest BCUT2D eigenvalue weighted by Crippen LogP contribution is -2.28. The van der Waals surface area contributed by atoms with Crippen molar-refractivity contribution in [1.29, 1.82) is 0 Å². The Morgan fingerprint density at radius 3 is 1.80 bits per heavy atom. The van der Waals surface area contributed by atoms with Crippen molar-refractivity contribution in [2.45, 2.75) is 20.3 Å². The molecule has 4 nitrogen and oxygen atoms in total. The molecule has 0 saturated carbocycles. The number of carbonyl (C=O) groups is 2. The molecule has 0 aromatic carbocycles. The van der Waals surface area contributed by atoms with E-state index in [9.17, 15) is 9.59 Å². The van der Waals surface area contributed by atoms with E-state index in [1.165, 1.54) is 14.2 Å². The molecular weight excluding hydrogens is 196 g/mol. The van der Waals surface area contributed by atoms with Crippen molar-refractivity contribution >= 4 is 11.9 Å². The maximum absolute atomic E-state index is 11.3. The van der Waals surface area contributed by atoms with Crippen molar-refractivity contribution in [3.8, 4) is 0 Å². The van der Waals surface area contributed by atoms with Crippen LogP contribution in [-0.2, 0) is 19.1 Å². The van der Waals surface area contributed by atoms with E-state index >= 15 is 0 Å². The van der Waals surface area contributed by atoms with Crippen molar-refractivity contribution in [2.24, 2.45) is 5.92 Å². The second-order valence-corrected chi connectivity index (χ2v) is 3.36. The number of methoxy groups -OCH3 is 2. The monoisotopic (exact) mass is 213 g/mol. The molecule has 4 heteroatoms. The maximum Gasteiger partial charge on any atom is 0.320 e. The number of carbonyl (C=O) groups excluding carboxylic acids is 2. The Morgan fingerprint density at radius 1 is 1.13 bits per heavy atom. The Kier molecular flexibility index (Phi) is 5.97. The summed E-state index contributed by atoms with van der Waals surface area (Å²) in [4.78, 5) is 22.6. The molecule has 85 valence electrons. The molecule has 0 aliphatic carbocycles. The van der Waals surface area contributed by atoms with Crippen molar-refractivity contribution in [1.82, 2.24) is 0 Å². The molecule has 0 aromatic heterocycles. The van der Waals surface area contributed by atoms with Crippen LogP contribution >= 0.6 is 0 Å². The molecule has 0 unspecified atom stereocenters. The topological polar surface area (TPSA) is 52.6 Å². The lowest BCUT2D eigenvalue weighted by Gasteiger charge is -2.18. The van der Waals surface area contributed by atoms with Gasteiger partial charge < -0.3 is 9.47 Å². The van der Waals surface area contributed by atoms with E-state index in [1.54, 1.807) is 0 Å². The van der Waals surface area contributed by atoms with E-state index in [2.05, 4.69) is 16.4 Å². The molecule has 0 amide bonds. The van der Waals surface area contributed by atoms with E-state index in [0.29, 0.717) is 0 Å². The molecule has 3 radical (unpaired) electrons. The molecule has 0 aliphatic heterocycles. The summed E-state index contributed by atoms with van der Waals surface area (Å²) < 4.78 is 9.07. The van der Waals surface area contributed by atoms with Crippen LogP contribution < -0.4 is 0 Å². The summed E-state index contributed by atoms with van der Waals surface area (Å²) in [5.74, 6) is -0.329. The first-order chi connectivity index (χ1) is 6.93. The highest BCUT2D eigenvalue weighted by Crippen LogP contribution is 2.24. The molecule has 0 rings (SSSR count).